The fraction of sp³-hybridized carbons (Fsp3) is 0.500. The summed E-state index contributed by atoms with van der Waals surface area (Å²) < 4.78 is 37.5. The minimum atomic E-state index is -3.69. The summed E-state index contributed by atoms with van der Waals surface area (Å²) in [5.41, 5.74) is 5.58. The molecule has 1 heterocycles. The van der Waals surface area contributed by atoms with Crippen molar-refractivity contribution in [1.82, 2.24) is 4.72 Å². The van der Waals surface area contributed by atoms with E-state index in [0.717, 1.165) is 0 Å². The summed E-state index contributed by atoms with van der Waals surface area (Å²) in [6.07, 6.45) is 0.543. The van der Waals surface area contributed by atoms with Gasteiger partial charge in [-0.3, -0.25) is 0 Å². The van der Waals surface area contributed by atoms with E-state index in [1.165, 1.54) is 12.1 Å². The highest BCUT2D eigenvalue weighted by molar-refractivity contribution is 7.89. The molecule has 0 fully saturated rings. The Morgan fingerprint density at radius 1 is 1.35 bits per heavy atom. The largest absolute Gasteiger partial charge is 0.486 e. The SMILES string of the molecule is CC(N)CCNS(=O)(=O)c1cc2c(cc1Cl)OCCO2. The van der Waals surface area contributed by atoms with Crippen LogP contribution in [0.25, 0.3) is 0 Å². The number of halogens is 1. The van der Waals surface area contributed by atoms with Crippen LogP contribution >= 0.6 is 11.6 Å². The van der Waals surface area contributed by atoms with Crippen molar-refractivity contribution in [2.45, 2.75) is 24.3 Å². The summed E-state index contributed by atoms with van der Waals surface area (Å²) in [4.78, 5) is -0.0203. The molecule has 0 saturated heterocycles. The molecule has 6 nitrogen and oxygen atoms in total. The average Bonchev–Trinajstić information content (AvgIpc) is 2.37. The third kappa shape index (κ3) is 3.54. The molecule has 8 heteroatoms. The zero-order chi connectivity index (χ0) is 14.8. The number of benzene rings is 1. The van der Waals surface area contributed by atoms with Gasteiger partial charge in [0.05, 0.1) is 5.02 Å². The van der Waals surface area contributed by atoms with Gasteiger partial charge in [0.25, 0.3) is 0 Å². The van der Waals surface area contributed by atoms with Crippen LogP contribution in [0.2, 0.25) is 5.02 Å². The van der Waals surface area contributed by atoms with Gasteiger partial charge in [0.15, 0.2) is 11.5 Å². The molecule has 20 heavy (non-hydrogen) atoms. The van der Waals surface area contributed by atoms with Crippen LogP contribution in [0.3, 0.4) is 0 Å². The maximum Gasteiger partial charge on any atom is 0.242 e. The molecule has 0 spiro atoms. The summed E-state index contributed by atoms with van der Waals surface area (Å²) in [6.45, 7) is 2.87. The van der Waals surface area contributed by atoms with Crippen LogP contribution in [0.15, 0.2) is 17.0 Å². The van der Waals surface area contributed by atoms with E-state index in [0.29, 0.717) is 31.1 Å². The first kappa shape index (κ1) is 15.4. The molecule has 3 N–H and O–H groups in total. The average molecular weight is 321 g/mol. The maximum absolute atomic E-state index is 12.2. The Kier molecular flexibility index (Phi) is 4.74. The van der Waals surface area contributed by atoms with Gasteiger partial charge in [-0.2, -0.15) is 0 Å². The number of nitrogens with one attached hydrogen (secondary N) is 1. The molecule has 0 aromatic heterocycles. The zero-order valence-corrected chi connectivity index (χ0v) is 12.6. The minimum absolute atomic E-state index is 0.0203. The zero-order valence-electron chi connectivity index (χ0n) is 11.1. The lowest BCUT2D eigenvalue weighted by molar-refractivity contribution is 0.171. The van der Waals surface area contributed by atoms with Crippen molar-refractivity contribution >= 4 is 21.6 Å². The molecular formula is C12H17ClN2O4S. The van der Waals surface area contributed by atoms with Crippen LogP contribution < -0.4 is 19.9 Å². The van der Waals surface area contributed by atoms with E-state index in [2.05, 4.69) is 4.72 Å². The van der Waals surface area contributed by atoms with Gasteiger partial charge in [-0.15, -0.1) is 0 Å². The molecule has 1 aliphatic heterocycles. The Morgan fingerprint density at radius 3 is 2.55 bits per heavy atom. The second-order valence-corrected chi connectivity index (χ2v) is 6.73. The van der Waals surface area contributed by atoms with Crippen molar-refractivity contribution in [2.75, 3.05) is 19.8 Å². The number of rotatable bonds is 5. The van der Waals surface area contributed by atoms with Crippen molar-refractivity contribution in [3.8, 4) is 11.5 Å². The fourth-order valence-corrected chi connectivity index (χ4v) is 3.33. The molecule has 0 aliphatic carbocycles. The molecular weight excluding hydrogens is 304 g/mol. The van der Waals surface area contributed by atoms with Gasteiger partial charge in [0, 0.05) is 24.7 Å². The third-order valence-electron chi connectivity index (χ3n) is 2.78. The molecule has 0 bridgehead atoms. The lowest BCUT2D eigenvalue weighted by Gasteiger charge is -2.20. The molecule has 1 unspecified atom stereocenters. The van der Waals surface area contributed by atoms with Gasteiger partial charge >= 0.3 is 0 Å². The van der Waals surface area contributed by atoms with Crippen molar-refractivity contribution in [2.24, 2.45) is 5.73 Å². The van der Waals surface area contributed by atoms with E-state index in [4.69, 9.17) is 26.8 Å². The summed E-state index contributed by atoms with van der Waals surface area (Å²) >= 11 is 6.01. The number of hydrogen-bond acceptors (Lipinski definition) is 5. The second kappa shape index (κ2) is 6.17. The van der Waals surface area contributed by atoms with Crippen LogP contribution in [-0.4, -0.2) is 34.2 Å². The maximum atomic E-state index is 12.2. The molecule has 1 aliphatic rings. The van der Waals surface area contributed by atoms with E-state index >= 15 is 0 Å². The van der Waals surface area contributed by atoms with Crippen LogP contribution in [0.5, 0.6) is 11.5 Å². The highest BCUT2D eigenvalue weighted by Gasteiger charge is 2.23. The lowest BCUT2D eigenvalue weighted by Crippen LogP contribution is -2.29. The quantitative estimate of drug-likeness (QED) is 0.848. The Hall–Kier alpha value is -1.02. The van der Waals surface area contributed by atoms with Gasteiger partial charge < -0.3 is 15.2 Å². The number of hydrogen-bond donors (Lipinski definition) is 2. The van der Waals surface area contributed by atoms with Crippen LogP contribution in [-0.2, 0) is 10.0 Å². The Balaban J connectivity index is 2.22. The summed E-state index contributed by atoms with van der Waals surface area (Å²) in [6, 6.07) is 2.76. The molecule has 2 rings (SSSR count). The molecule has 0 radical (unpaired) electrons. The van der Waals surface area contributed by atoms with Crippen molar-refractivity contribution in [3.05, 3.63) is 17.2 Å². The van der Waals surface area contributed by atoms with Crippen LogP contribution in [0, 0.1) is 0 Å². The lowest BCUT2D eigenvalue weighted by atomic mass is 10.3. The Labute approximate surface area is 123 Å². The van der Waals surface area contributed by atoms with Crippen molar-refractivity contribution in [3.63, 3.8) is 0 Å². The minimum Gasteiger partial charge on any atom is -0.486 e. The third-order valence-corrected chi connectivity index (χ3v) is 4.70. The van der Waals surface area contributed by atoms with Crippen LogP contribution in [0.1, 0.15) is 13.3 Å². The molecule has 112 valence electrons. The molecule has 0 amide bonds. The van der Waals surface area contributed by atoms with Gasteiger partial charge in [-0.05, 0) is 13.3 Å². The fourth-order valence-electron chi connectivity index (χ4n) is 1.75. The van der Waals surface area contributed by atoms with Gasteiger partial charge in [0.1, 0.15) is 18.1 Å². The number of sulfonamides is 1. The monoisotopic (exact) mass is 320 g/mol. The highest BCUT2D eigenvalue weighted by atomic mass is 35.5. The molecule has 1 aromatic rings. The smallest absolute Gasteiger partial charge is 0.242 e. The van der Waals surface area contributed by atoms with Crippen molar-refractivity contribution < 1.29 is 17.9 Å². The topological polar surface area (TPSA) is 90.7 Å². The van der Waals surface area contributed by atoms with Crippen LogP contribution in [0.4, 0.5) is 0 Å². The summed E-state index contributed by atoms with van der Waals surface area (Å²) in [5, 5.41) is 0.0996. The summed E-state index contributed by atoms with van der Waals surface area (Å²) in [7, 11) is -3.69. The number of nitrogens with two attached hydrogens (primary N) is 1. The second-order valence-electron chi connectivity index (χ2n) is 4.59. The molecule has 1 aromatic carbocycles. The first-order chi connectivity index (χ1) is 9.40. The van der Waals surface area contributed by atoms with Gasteiger partial charge in [-0.1, -0.05) is 11.6 Å². The van der Waals surface area contributed by atoms with E-state index in [1.54, 1.807) is 0 Å². The first-order valence-electron chi connectivity index (χ1n) is 6.24. The standard InChI is InChI=1S/C12H17ClN2O4S/c1-8(14)2-3-15-20(16,17)12-7-11-10(6-9(12)13)18-4-5-19-11/h6-8,15H,2-5,14H2,1H3. The number of ether oxygens (including phenoxy) is 2. The predicted molar refractivity (Wildman–Crippen MR) is 75.9 cm³/mol. The Morgan fingerprint density at radius 2 is 1.95 bits per heavy atom. The van der Waals surface area contributed by atoms with Crippen molar-refractivity contribution in [1.29, 1.82) is 0 Å². The van der Waals surface area contributed by atoms with Gasteiger partial charge in [0.2, 0.25) is 10.0 Å². The van der Waals surface area contributed by atoms with E-state index < -0.39 is 10.0 Å². The summed E-state index contributed by atoms with van der Waals surface area (Å²) in [5.74, 6) is 0.837. The molecule has 1 atom stereocenters. The highest BCUT2D eigenvalue weighted by Crippen LogP contribution is 2.37. The predicted octanol–water partition coefficient (Wildman–Crippen LogP) is 1.13. The van der Waals surface area contributed by atoms with Gasteiger partial charge in [-0.25, -0.2) is 13.1 Å². The first-order valence-corrected chi connectivity index (χ1v) is 8.10. The van der Waals surface area contributed by atoms with E-state index in [9.17, 15) is 8.42 Å². The van der Waals surface area contributed by atoms with E-state index in [-0.39, 0.29) is 22.5 Å². The van der Waals surface area contributed by atoms with E-state index in [1.807, 2.05) is 6.92 Å². The molecule has 0 saturated carbocycles. The normalized spacial score (nSPS) is 15.9. The Bertz CT molecular complexity index is 589. The number of fused-ring (bicyclic) bond motifs is 1.